The first kappa shape index (κ1) is 28.6. The molecule has 0 amide bonds. The number of unbranched alkanes of at least 4 members (excludes halogenated alkanes) is 1. The summed E-state index contributed by atoms with van der Waals surface area (Å²) in [5.41, 5.74) is 8.16. The zero-order valence-electron chi connectivity index (χ0n) is 23.9. The lowest BCUT2D eigenvalue weighted by Gasteiger charge is -2.19. The van der Waals surface area contributed by atoms with Crippen LogP contribution < -0.4 is 4.74 Å². The minimum atomic E-state index is -0.234. The molecule has 3 aromatic rings. The van der Waals surface area contributed by atoms with Crippen molar-refractivity contribution in [3.8, 4) is 17.0 Å². The molecule has 0 spiro atoms. The maximum Gasteiger partial charge on any atom is 0.338 e. The summed E-state index contributed by atoms with van der Waals surface area (Å²) in [6.45, 7) is 14.1. The summed E-state index contributed by atoms with van der Waals surface area (Å²) in [4.78, 5) is 12.8. The van der Waals surface area contributed by atoms with Gasteiger partial charge in [-0.25, -0.2) is 4.79 Å². The standard InChI is InChI=1S/C31H39NO3.C2H6/c1-6-9-16-35-31(33)23-12-14-27-28(19-23)32-20-21(4)17-24-18-25(34-5)13-15-26(24)30(32)29(27)22(10-7-2)11-8-3;1-2/h12-15,17-19,22H,6-11,16,20H2,1-5H3;1-2H3. The first-order chi connectivity index (χ1) is 18.0. The Morgan fingerprint density at radius 1 is 1.00 bits per heavy atom. The van der Waals surface area contributed by atoms with Gasteiger partial charge in [-0.3, -0.25) is 0 Å². The molecule has 0 saturated heterocycles. The van der Waals surface area contributed by atoms with Gasteiger partial charge in [0.1, 0.15) is 5.75 Å². The van der Waals surface area contributed by atoms with E-state index in [0.29, 0.717) is 18.1 Å². The number of carbonyl (C=O) groups is 1. The Morgan fingerprint density at radius 3 is 2.38 bits per heavy atom. The Hall–Kier alpha value is -3.01. The molecule has 2 heterocycles. The second kappa shape index (κ2) is 13.5. The Labute approximate surface area is 223 Å². The predicted molar refractivity (Wildman–Crippen MR) is 157 cm³/mol. The van der Waals surface area contributed by atoms with E-state index < -0.39 is 0 Å². The number of aromatic nitrogens is 1. The van der Waals surface area contributed by atoms with Crippen molar-refractivity contribution in [2.75, 3.05) is 13.7 Å². The van der Waals surface area contributed by atoms with Gasteiger partial charge in [0.05, 0.1) is 25.0 Å². The summed E-state index contributed by atoms with van der Waals surface area (Å²) in [5, 5.41) is 1.26. The van der Waals surface area contributed by atoms with Crippen LogP contribution in [0.3, 0.4) is 0 Å². The molecule has 0 aliphatic carbocycles. The highest BCUT2D eigenvalue weighted by molar-refractivity contribution is 6.00. The van der Waals surface area contributed by atoms with Crippen LogP contribution in [-0.4, -0.2) is 24.3 Å². The number of ether oxygens (including phenoxy) is 2. The molecule has 0 atom stereocenters. The largest absolute Gasteiger partial charge is 0.497 e. The maximum atomic E-state index is 12.8. The van der Waals surface area contributed by atoms with E-state index >= 15 is 0 Å². The van der Waals surface area contributed by atoms with Crippen LogP contribution in [0, 0.1) is 0 Å². The van der Waals surface area contributed by atoms with Gasteiger partial charge in [-0.2, -0.15) is 0 Å². The van der Waals surface area contributed by atoms with Gasteiger partial charge in [-0.15, -0.1) is 0 Å². The van der Waals surface area contributed by atoms with Crippen LogP contribution in [0.5, 0.6) is 5.75 Å². The lowest BCUT2D eigenvalue weighted by atomic mass is 9.86. The summed E-state index contributed by atoms with van der Waals surface area (Å²) < 4.78 is 13.5. The first-order valence-corrected chi connectivity index (χ1v) is 14.2. The molecule has 0 unspecified atom stereocenters. The van der Waals surface area contributed by atoms with E-state index in [9.17, 15) is 4.79 Å². The highest BCUT2D eigenvalue weighted by atomic mass is 16.5. The van der Waals surface area contributed by atoms with Crippen LogP contribution in [-0.2, 0) is 11.3 Å². The zero-order chi connectivity index (χ0) is 26.9. The van der Waals surface area contributed by atoms with Crippen molar-refractivity contribution in [1.29, 1.82) is 0 Å². The molecule has 4 heteroatoms. The summed E-state index contributed by atoms with van der Waals surface area (Å²) in [6, 6.07) is 12.6. The minimum Gasteiger partial charge on any atom is -0.497 e. The zero-order valence-corrected chi connectivity index (χ0v) is 23.9. The predicted octanol–water partition coefficient (Wildman–Crippen LogP) is 9.40. The molecule has 200 valence electrons. The fourth-order valence-corrected chi connectivity index (χ4v) is 5.46. The molecular formula is C33H45NO3. The lowest BCUT2D eigenvalue weighted by Crippen LogP contribution is -2.07. The van der Waals surface area contributed by atoms with Crippen molar-refractivity contribution in [3.63, 3.8) is 0 Å². The number of benzene rings is 2. The number of esters is 1. The number of rotatable bonds is 10. The molecule has 0 fully saturated rings. The van der Waals surface area contributed by atoms with Crippen LogP contribution >= 0.6 is 0 Å². The number of fused-ring (bicyclic) bond motifs is 5. The van der Waals surface area contributed by atoms with Crippen LogP contribution in [0.15, 0.2) is 42.0 Å². The molecule has 4 nitrogen and oxygen atoms in total. The average Bonchev–Trinajstić information content (AvgIpc) is 3.13. The van der Waals surface area contributed by atoms with E-state index in [1.165, 1.54) is 33.3 Å². The molecule has 2 aromatic carbocycles. The average molecular weight is 504 g/mol. The highest BCUT2D eigenvalue weighted by Crippen LogP contribution is 2.45. The Bertz CT molecular complexity index is 1230. The maximum absolute atomic E-state index is 12.8. The Morgan fingerprint density at radius 2 is 1.73 bits per heavy atom. The van der Waals surface area contributed by atoms with Crippen molar-refractivity contribution in [1.82, 2.24) is 4.57 Å². The fraction of sp³-hybridized carbons (Fsp3) is 0.485. The number of methoxy groups -OCH3 is 1. The summed E-state index contributed by atoms with van der Waals surface area (Å²) >= 11 is 0. The number of nitrogens with zero attached hydrogens (tertiary/aromatic N) is 1. The van der Waals surface area contributed by atoms with Crippen LogP contribution in [0.2, 0.25) is 0 Å². The van der Waals surface area contributed by atoms with Crippen molar-refractivity contribution >= 4 is 22.9 Å². The molecule has 0 N–H and O–H groups in total. The second-order valence-electron chi connectivity index (χ2n) is 9.79. The van der Waals surface area contributed by atoms with E-state index in [-0.39, 0.29) is 5.97 Å². The van der Waals surface area contributed by atoms with Crippen molar-refractivity contribution < 1.29 is 14.3 Å². The van der Waals surface area contributed by atoms with E-state index in [1.54, 1.807) is 7.11 Å². The molecular weight excluding hydrogens is 458 g/mol. The summed E-state index contributed by atoms with van der Waals surface area (Å²) in [7, 11) is 1.72. The monoisotopic (exact) mass is 503 g/mol. The van der Waals surface area contributed by atoms with E-state index in [2.05, 4.69) is 62.6 Å². The summed E-state index contributed by atoms with van der Waals surface area (Å²) in [5.74, 6) is 1.11. The fourth-order valence-electron chi connectivity index (χ4n) is 5.46. The number of hydrogen-bond donors (Lipinski definition) is 0. The van der Waals surface area contributed by atoms with Crippen molar-refractivity contribution in [3.05, 3.63) is 58.7 Å². The molecule has 1 aromatic heterocycles. The molecule has 0 radical (unpaired) electrons. The molecule has 1 aliphatic heterocycles. The quantitative estimate of drug-likeness (QED) is 0.204. The molecule has 4 rings (SSSR count). The highest BCUT2D eigenvalue weighted by Gasteiger charge is 2.28. The minimum absolute atomic E-state index is 0.234. The third kappa shape index (κ3) is 6.11. The van der Waals surface area contributed by atoms with Crippen LogP contribution in [0.1, 0.15) is 107 Å². The Kier molecular flexibility index (Phi) is 10.4. The smallest absolute Gasteiger partial charge is 0.338 e. The van der Waals surface area contributed by atoms with E-state index in [0.717, 1.165) is 56.3 Å². The lowest BCUT2D eigenvalue weighted by molar-refractivity contribution is 0.0500. The number of carbonyl (C=O) groups excluding carboxylic acids is 1. The molecule has 0 bridgehead atoms. The van der Waals surface area contributed by atoms with Crippen molar-refractivity contribution in [2.45, 2.75) is 92.5 Å². The second-order valence-corrected chi connectivity index (χ2v) is 9.79. The van der Waals surface area contributed by atoms with E-state index in [4.69, 9.17) is 9.47 Å². The summed E-state index contributed by atoms with van der Waals surface area (Å²) in [6.07, 6.45) is 8.76. The number of allylic oxidation sites excluding steroid dienone is 1. The SMILES string of the molecule is CC.CCCCOC(=O)c1ccc2c(C(CCC)CCC)c3n(c2c1)CC(C)=Cc1cc(OC)ccc1-3. The van der Waals surface area contributed by atoms with Gasteiger partial charge in [-0.05, 0) is 73.6 Å². The van der Waals surface area contributed by atoms with Crippen LogP contribution in [0.4, 0.5) is 0 Å². The first-order valence-electron chi connectivity index (χ1n) is 14.2. The Balaban J connectivity index is 0.00000186. The number of hydrogen-bond acceptors (Lipinski definition) is 3. The van der Waals surface area contributed by atoms with Gasteiger partial charge in [0.15, 0.2) is 0 Å². The molecule has 0 saturated carbocycles. The van der Waals surface area contributed by atoms with Gasteiger partial charge >= 0.3 is 5.97 Å². The molecule has 37 heavy (non-hydrogen) atoms. The van der Waals surface area contributed by atoms with Gasteiger partial charge in [0.25, 0.3) is 0 Å². The topological polar surface area (TPSA) is 40.5 Å². The molecule has 1 aliphatic rings. The third-order valence-electron chi connectivity index (χ3n) is 7.08. The van der Waals surface area contributed by atoms with Crippen LogP contribution in [0.25, 0.3) is 28.2 Å². The van der Waals surface area contributed by atoms with Gasteiger partial charge < -0.3 is 14.0 Å². The van der Waals surface area contributed by atoms with Gasteiger partial charge in [0, 0.05) is 23.0 Å². The van der Waals surface area contributed by atoms with E-state index in [1.807, 2.05) is 26.0 Å². The van der Waals surface area contributed by atoms with Gasteiger partial charge in [0.2, 0.25) is 0 Å². The normalized spacial score (nSPS) is 12.3. The third-order valence-corrected chi connectivity index (χ3v) is 7.08. The van der Waals surface area contributed by atoms with Crippen molar-refractivity contribution in [2.24, 2.45) is 0 Å². The van der Waals surface area contributed by atoms with Gasteiger partial charge in [-0.1, -0.05) is 71.6 Å².